The normalized spacial score (nSPS) is 13.7. The van der Waals surface area contributed by atoms with E-state index in [-0.39, 0.29) is 11.3 Å². The fourth-order valence-corrected chi connectivity index (χ4v) is 2.58. The molecule has 0 bridgehead atoms. The maximum atomic E-state index is 12.0. The first kappa shape index (κ1) is 15.7. The summed E-state index contributed by atoms with van der Waals surface area (Å²) in [5, 5.41) is 0.650. The van der Waals surface area contributed by atoms with E-state index in [0.29, 0.717) is 14.2 Å². The summed E-state index contributed by atoms with van der Waals surface area (Å²) in [4.78, 5) is 26.6. The van der Waals surface area contributed by atoms with Gasteiger partial charge in [-0.3, -0.25) is 9.59 Å². The van der Waals surface area contributed by atoms with E-state index in [1.807, 2.05) is 32.9 Å². The molecule has 0 aliphatic rings. The van der Waals surface area contributed by atoms with Crippen molar-refractivity contribution >= 4 is 40.9 Å². The lowest BCUT2D eigenvalue weighted by Gasteiger charge is -2.12. The van der Waals surface area contributed by atoms with E-state index in [1.54, 1.807) is 18.2 Å². The summed E-state index contributed by atoms with van der Waals surface area (Å²) < 4.78 is 1.13. The van der Waals surface area contributed by atoms with Gasteiger partial charge in [-0.1, -0.05) is 44.5 Å². The minimum atomic E-state index is -0.457. The number of aromatic nitrogens is 1. The predicted molar refractivity (Wildman–Crippen MR) is 88.1 cm³/mol. The molecule has 0 saturated carbocycles. The van der Waals surface area contributed by atoms with Gasteiger partial charge in [-0.05, 0) is 23.8 Å². The number of carbonyl (C=O) groups is 1. The van der Waals surface area contributed by atoms with Gasteiger partial charge in [0.15, 0.2) is 5.78 Å². The number of ketones is 1. The molecule has 0 aliphatic carbocycles. The number of benzene rings is 1. The number of hydrogen-bond acceptors (Lipinski definition) is 3. The zero-order valence-electron chi connectivity index (χ0n) is 12.1. The number of H-pyrrole nitrogens is 1. The molecule has 1 aromatic heterocycles. The summed E-state index contributed by atoms with van der Waals surface area (Å²) in [6.45, 7) is 5.54. The van der Waals surface area contributed by atoms with Gasteiger partial charge in [0, 0.05) is 16.5 Å². The molecule has 2 aromatic rings. The quantitative estimate of drug-likeness (QED) is 0.923. The zero-order chi connectivity index (χ0) is 15.6. The lowest BCUT2D eigenvalue weighted by molar-refractivity contribution is -0.119. The van der Waals surface area contributed by atoms with Crippen LogP contribution in [0.5, 0.6) is 0 Å². The molecule has 1 N–H and O–H groups in total. The largest absolute Gasteiger partial charge is 0.313 e. The second kappa shape index (κ2) is 6.00. The molecular weight excluding hydrogens is 306 g/mol. The van der Waals surface area contributed by atoms with Crippen LogP contribution in [0.4, 0.5) is 0 Å². The van der Waals surface area contributed by atoms with E-state index in [9.17, 15) is 9.59 Å². The van der Waals surface area contributed by atoms with Crippen LogP contribution in [0.2, 0.25) is 5.02 Å². The lowest BCUT2D eigenvalue weighted by Crippen LogP contribution is -2.22. The fourth-order valence-electron chi connectivity index (χ4n) is 1.57. The molecule has 2 rings (SSSR count). The monoisotopic (exact) mass is 321 g/mol. The van der Waals surface area contributed by atoms with Crippen molar-refractivity contribution in [2.75, 3.05) is 0 Å². The Bertz CT molecular complexity index is 823. The van der Waals surface area contributed by atoms with Gasteiger partial charge >= 0.3 is 0 Å². The van der Waals surface area contributed by atoms with Crippen LogP contribution in [0.1, 0.15) is 26.3 Å². The summed E-state index contributed by atoms with van der Waals surface area (Å²) in [5.41, 5.74) is 0.240. The summed E-state index contributed by atoms with van der Waals surface area (Å²) in [6.07, 6.45) is 3.27. The maximum absolute atomic E-state index is 12.0. The molecule has 3 nitrogen and oxygen atoms in total. The summed E-state index contributed by atoms with van der Waals surface area (Å²) in [6, 6.07) is 7.22. The Morgan fingerprint density at radius 2 is 1.86 bits per heavy atom. The number of halogens is 1. The Kier molecular flexibility index (Phi) is 4.49. The summed E-state index contributed by atoms with van der Waals surface area (Å²) in [5.74, 6) is -0.0157. The van der Waals surface area contributed by atoms with Crippen molar-refractivity contribution in [2.24, 2.45) is 5.41 Å². The number of nitrogens with one attached hydrogen (secondary N) is 1. The van der Waals surface area contributed by atoms with Crippen LogP contribution in [-0.2, 0) is 4.79 Å². The number of thiazole rings is 1. The molecule has 0 atom stereocenters. The highest BCUT2D eigenvalue weighted by atomic mass is 35.5. The number of aromatic amines is 1. The molecule has 0 unspecified atom stereocenters. The molecule has 1 aromatic carbocycles. The molecule has 1 heterocycles. The van der Waals surface area contributed by atoms with Crippen LogP contribution >= 0.6 is 22.9 Å². The van der Waals surface area contributed by atoms with E-state index in [2.05, 4.69) is 4.98 Å². The van der Waals surface area contributed by atoms with Crippen molar-refractivity contribution in [1.29, 1.82) is 0 Å². The highest BCUT2D eigenvalue weighted by Gasteiger charge is 2.18. The van der Waals surface area contributed by atoms with Crippen molar-refractivity contribution in [1.82, 2.24) is 4.98 Å². The zero-order valence-corrected chi connectivity index (χ0v) is 13.6. The average molecular weight is 322 g/mol. The van der Waals surface area contributed by atoms with Gasteiger partial charge in [0.05, 0.1) is 9.20 Å². The molecule has 0 fully saturated rings. The van der Waals surface area contributed by atoms with Crippen LogP contribution in [0, 0.1) is 5.41 Å². The third-order valence-corrected chi connectivity index (χ3v) is 4.06. The van der Waals surface area contributed by atoms with Crippen LogP contribution in [-0.4, -0.2) is 10.8 Å². The molecule has 0 radical (unpaired) electrons. The second-order valence-electron chi connectivity index (χ2n) is 5.74. The fraction of sp³-hybridized carbons (Fsp3) is 0.250. The van der Waals surface area contributed by atoms with Gasteiger partial charge in [0.25, 0.3) is 5.56 Å². The van der Waals surface area contributed by atoms with Crippen molar-refractivity contribution < 1.29 is 4.79 Å². The van der Waals surface area contributed by atoms with E-state index < -0.39 is 5.41 Å². The number of rotatable bonds is 2. The Balaban J connectivity index is 2.45. The first-order valence-corrected chi connectivity index (χ1v) is 7.68. The highest BCUT2D eigenvalue weighted by molar-refractivity contribution is 7.07. The van der Waals surface area contributed by atoms with Gasteiger partial charge in [0.1, 0.15) is 0 Å². The Morgan fingerprint density at radius 1 is 1.24 bits per heavy atom. The minimum Gasteiger partial charge on any atom is -0.313 e. The molecule has 110 valence electrons. The van der Waals surface area contributed by atoms with Crippen LogP contribution in [0.25, 0.3) is 12.2 Å². The molecule has 5 heteroatoms. The lowest BCUT2D eigenvalue weighted by atomic mass is 9.91. The SMILES string of the molecule is CC(C)(C)C(=O)/C=c1/[nH]c(=O)/c(=C/c2ccc(Cl)cc2)s1. The molecule has 0 aliphatic heterocycles. The predicted octanol–water partition coefficient (Wildman–Crippen LogP) is 2.31. The average Bonchev–Trinajstić information content (AvgIpc) is 2.71. The van der Waals surface area contributed by atoms with Gasteiger partial charge in [-0.2, -0.15) is 0 Å². The van der Waals surface area contributed by atoms with Gasteiger partial charge in [0.2, 0.25) is 0 Å². The molecule has 0 saturated heterocycles. The molecule has 0 spiro atoms. The molecule has 21 heavy (non-hydrogen) atoms. The standard InChI is InChI=1S/C16H16ClNO2S/c1-16(2,3)13(19)9-14-18-15(20)12(21-14)8-10-4-6-11(17)7-5-10/h4-9H,1-3H3,(H,18,20)/b12-8-,14-9-. The van der Waals surface area contributed by atoms with Crippen LogP contribution in [0.3, 0.4) is 0 Å². The number of Topliss-reactive ketones (excluding diaryl/α,β-unsaturated/α-hetero) is 1. The van der Waals surface area contributed by atoms with Crippen molar-refractivity contribution in [2.45, 2.75) is 20.8 Å². The van der Waals surface area contributed by atoms with Crippen LogP contribution in [0.15, 0.2) is 29.1 Å². The van der Waals surface area contributed by atoms with E-state index in [1.165, 1.54) is 17.4 Å². The number of hydrogen-bond donors (Lipinski definition) is 1. The van der Waals surface area contributed by atoms with Gasteiger partial charge < -0.3 is 4.98 Å². The smallest absolute Gasteiger partial charge is 0.266 e. The van der Waals surface area contributed by atoms with E-state index >= 15 is 0 Å². The molecular formula is C16H16ClNO2S. The Hall–Kier alpha value is -1.65. The Morgan fingerprint density at radius 3 is 2.43 bits per heavy atom. The third-order valence-electron chi connectivity index (χ3n) is 2.85. The second-order valence-corrected chi connectivity index (χ2v) is 7.26. The highest BCUT2D eigenvalue weighted by Crippen LogP contribution is 2.14. The van der Waals surface area contributed by atoms with Crippen molar-refractivity contribution in [3.05, 3.63) is 54.4 Å². The topological polar surface area (TPSA) is 49.9 Å². The van der Waals surface area contributed by atoms with Crippen molar-refractivity contribution in [3.63, 3.8) is 0 Å². The first-order chi connectivity index (χ1) is 9.75. The summed E-state index contributed by atoms with van der Waals surface area (Å²) >= 11 is 7.10. The van der Waals surface area contributed by atoms with Gasteiger partial charge in [-0.15, -0.1) is 11.3 Å². The Labute approximate surface area is 131 Å². The first-order valence-electron chi connectivity index (χ1n) is 6.48. The van der Waals surface area contributed by atoms with E-state index in [4.69, 9.17) is 11.6 Å². The van der Waals surface area contributed by atoms with Gasteiger partial charge in [-0.25, -0.2) is 0 Å². The van der Waals surface area contributed by atoms with Crippen molar-refractivity contribution in [3.8, 4) is 0 Å². The number of carbonyl (C=O) groups excluding carboxylic acids is 1. The van der Waals surface area contributed by atoms with Crippen LogP contribution < -0.4 is 14.8 Å². The van der Waals surface area contributed by atoms with E-state index in [0.717, 1.165) is 5.56 Å². The third kappa shape index (κ3) is 4.16. The maximum Gasteiger partial charge on any atom is 0.266 e. The minimum absolute atomic E-state index is 0.0157. The summed E-state index contributed by atoms with van der Waals surface area (Å²) in [7, 11) is 0. The molecule has 0 amide bonds.